The van der Waals surface area contributed by atoms with E-state index >= 15 is 0 Å². The second-order valence-electron chi connectivity index (χ2n) is 10.8. The van der Waals surface area contributed by atoms with Gasteiger partial charge in [0.2, 0.25) is 0 Å². The monoisotopic (exact) mass is 568 g/mol. The number of anilines is 3. The summed E-state index contributed by atoms with van der Waals surface area (Å²) >= 11 is 1.80. The molecule has 9 rings (SSSR count). The molecule has 0 atom stereocenters. The maximum Gasteiger partial charge on any atom is 0.138 e. The van der Waals surface area contributed by atoms with Crippen LogP contribution in [0.5, 0.6) is 0 Å². The van der Waals surface area contributed by atoms with Crippen molar-refractivity contribution in [2.75, 3.05) is 4.90 Å². The summed E-state index contributed by atoms with van der Waals surface area (Å²) in [6.07, 6.45) is 2.03. The Balaban J connectivity index is 1.27. The second kappa shape index (κ2) is 9.55. The average molecular weight is 569 g/mol. The van der Waals surface area contributed by atoms with E-state index in [1.165, 1.54) is 42.1 Å². The number of pyridine rings is 1. The van der Waals surface area contributed by atoms with Gasteiger partial charge in [0.15, 0.2) is 0 Å². The molecule has 0 amide bonds. The fourth-order valence-electron chi connectivity index (χ4n) is 6.26. The van der Waals surface area contributed by atoms with Crippen LogP contribution in [0, 0.1) is 0 Å². The van der Waals surface area contributed by atoms with Gasteiger partial charge in [0.05, 0.1) is 4.70 Å². The van der Waals surface area contributed by atoms with Crippen LogP contribution in [0.4, 0.5) is 17.2 Å². The smallest absolute Gasteiger partial charge is 0.138 e. The summed E-state index contributed by atoms with van der Waals surface area (Å²) in [6, 6.07) is 49.2. The van der Waals surface area contributed by atoms with E-state index in [1.54, 1.807) is 11.3 Å². The van der Waals surface area contributed by atoms with Gasteiger partial charge in [0.1, 0.15) is 17.0 Å². The summed E-state index contributed by atoms with van der Waals surface area (Å²) in [5, 5.41) is 7.23. The van der Waals surface area contributed by atoms with Gasteiger partial charge >= 0.3 is 0 Å². The molecule has 202 valence electrons. The maximum absolute atomic E-state index is 6.17. The summed E-state index contributed by atoms with van der Waals surface area (Å²) in [5.74, 6) is 0.875. The van der Waals surface area contributed by atoms with E-state index in [-0.39, 0.29) is 0 Å². The highest BCUT2D eigenvalue weighted by Crippen LogP contribution is 2.43. The molecule has 0 N–H and O–H groups in total. The van der Waals surface area contributed by atoms with Crippen molar-refractivity contribution in [2.24, 2.45) is 0 Å². The average Bonchev–Trinajstić information content (AvgIpc) is 3.64. The number of nitrogens with zero attached hydrogens (tertiary/aromatic N) is 2. The van der Waals surface area contributed by atoms with Crippen LogP contribution >= 0.6 is 11.3 Å². The van der Waals surface area contributed by atoms with Crippen molar-refractivity contribution in [3.05, 3.63) is 146 Å². The molecule has 0 aliphatic heterocycles. The molecule has 3 aromatic heterocycles. The molecular weight excluding hydrogens is 545 g/mol. The highest BCUT2D eigenvalue weighted by molar-refractivity contribution is 7.26. The van der Waals surface area contributed by atoms with E-state index in [0.717, 1.165) is 39.1 Å². The lowest BCUT2D eigenvalue weighted by molar-refractivity contribution is 0.669. The molecule has 3 nitrogen and oxygen atoms in total. The van der Waals surface area contributed by atoms with Crippen molar-refractivity contribution < 1.29 is 4.42 Å². The summed E-state index contributed by atoms with van der Waals surface area (Å²) in [7, 11) is 0. The van der Waals surface area contributed by atoms with E-state index in [0.29, 0.717) is 0 Å². The van der Waals surface area contributed by atoms with E-state index in [4.69, 9.17) is 9.40 Å². The van der Waals surface area contributed by atoms with Gasteiger partial charge in [-0.3, -0.25) is 4.90 Å². The summed E-state index contributed by atoms with van der Waals surface area (Å²) in [4.78, 5) is 7.31. The van der Waals surface area contributed by atoms with Crippen molar-refractivity contribution in [1.29, 1.82) is 0 Å². The van der Waals surface area contributed by atoms with E-state index in [1.807, 2.05) is 18.3 Å². The molecule has 0 aliphatic rings. The zero-order chi connectivity index (χ0) is 28.3. The lowest BCUT2D eigenvalue weighted by Gasteiger charge is -2.25. The van der Waals surface area contributed by atoms with Gasteiger partial charge in [-0.2, -0.15) is 0 Å². The first-order chi connectivity index (χ1) is 21.3. The number of benzene rings is 6. The fraction of sp³-hybridized carbons (Fsp3) is 0. The molecule has 0 saturated heterocycles. The predicted octanol–water partition coefficient (Wildman–Crippen LogP) is 11.6. The molecule has 0 fully saturated rings. The second-order valence-corrected chi connectivity index (χ2v) is 11.9. The van der Waals surface area contributed by atoms with E-state index in [2.05, 4.69) is 132 Å². The highest BCUT2D eigenvalue weighted by atomic mass is 32.1. The van der Waals surface area contributed by atoms with Crippen molar-refractivity contribution in [2.45, 2.75) is 0 Å². The Morgan fingerprint density at radius 2 is 1.23 bits per heavy atom. The number of hydrogen-bond acceptors (Lipinski definition) is 4. The summed E-state index contributed by atoms with van der Waals surface area (Å²) in [5.41, 5.74) is 6.22. The number of para-hydroxylation sites is 1. The Labute approximate surface area is 251 Å². The Morgan fingerprint density at radius 3 is 2.12 bits per heavy atom. The van der Waals surface area contributed by atoms with Crippen LogP contribution in [0.25, 0.3) is 64.0 Å². The van der Waals surface area contributed by atoms with Crippen LogP contribution in [0.15, 0.2) is 150 Å². The van der Waals surface area contributed by atoms with Gasteiger partial charge in [0.25, 0.3) is 0 Å². The molecule has 0 saturated carbocycles. The van der Waals surface area contributed by atoms with Gasteiger partial charge in [0, 0.05) is 43.8 Å². The van der Waals surface area contributed by atoms with E-state index in [9.17, 15) is 0 Å². The normalized spacial score (nSPS) is 11.7. The number of fused-ring (bicyclic) bond motifs is 8. The van der Waals surface area contributed by atoms with Crippen LogP contribution in [0.2, 0.25) is 0 Å². The van der Waals surface area contributed by atoms with Gasteiger partial charge in [-0.15, -0.1) is 11.3 Å². The first kappa shape index (κ1) is 24.2. The molecule has 0 spiro atoms. The van der Waals surface area contributed by atoms with Crippen molar-refractivity contribution in [3.63, 3.8) is 0 Å². The van der Waals surface area contributed by atoms with Crippen LogP contribution in [0.3, 0.4) is 0 Å². The van der Waals surface area contributed by atoms with Crippen molar-refractivity contribution in [1.82, 2.24) is 4.98 Å². The molecule has 0 radical (unpaired) electrons. The number of thiophene rings is 1. The SMILES string of the molecule is c1ccc(-c2ccc(N(c3ccc4oc5ccccc5c4c3)c3cc4c(cn3)sc3ccc5ccccc5c34)cc2)cc1. The third kappa shape index (κ3) is 3.92. The summed E-state index contributed by atoms with van der Waals surface area (Å²) < 4.78 is 8.63. The Hall–Kier alpha value is -5.45. The standard InChI is InChI=1S/C39H24N2OS/c1-2-8-25(9-3-1)26-14-17-28(18-15-26)41(29-19-20-35-32(22-29)31-12-6-7-13-34(31)42-35)38-23-33-37(24-40-38)43-36-21-16-27-10-4-5-11-30(27)39(33)36/h1-24H. The minimum Gasteiger partial charge on any atom is -0.456 e. The molecule has 43 heavy (non-hydrogen) atoms. The van der Waals surface area contributed by atoms with Gasteiger partial charge < -0.3 is 4.42 Å². The molecule has 6 aromatic carbocycles. The molecule has 3 heterocycles. The third-order valence-electron chi connectivity index (χ3n) is 8.31. The largest absolute Gasteiger partial charge is 0.456 e. The predicted molar refractivity (Wildman–Crippen MR) is 182 cm³/mol. The zero-order valence-electron chi connectivity index (χ0n) is 23.1. The molecular formula is C39H24N2OS. The number of rotatable bonds is 4. The fourth-order valence-corrected chi connectivity index (χ4v) is 7.34. The topological polar surface area (TPSA) is 29.3 Å². The van der Waals surface area contributed by atoms with E-state index < -0.39 is 0 Å². The highest BCUT2D eigenvalue weighted by Gasteiger charge is 2.19. The van der Waals surface area contributed by atoms with Crippen LogP contribution < -0.4 is 4.90 Å². The van der Waals surface area contributed by atoms with Crippen LogP contribution in [-0.4, -0.2) is 4.98 Å². The number of hydrogen-bond donors (Lipinski definition) is 0. The quantitative estimate of drug-likeness (QED) is 0.211. The Bertz CT molecular complexity index is 2460. The molecule has 4 heteroatoms. The first-order valence-corrected chi connectivity index (χ1v) is 15.2. The molecule has 0 unspecified atom stereocenters. The lowest BCUT2D eigenvalue weighted by Crippen LogP contribution is -2.11. The number of aromatic nitrogens is 1. The Kier molecular flexibility index (Phi) is 5.37. The number of furan rings is 1. The minimum absolute atomic E-state index is 0.875. The lowest BCUT2D eigenvalue weighted by atomic mass is 10.0. The van der Waals surface area contributed by atoms with Crippen molar-refractivity contribution in [3.8, 4) is 11.1 Å². The van der Waals surface area contributed by atoms with Gasteiger partial charge in [-0.1, -0.05) is 91.0 Å². The van der Waals surface area contributed by atoms with Crippen molar-refractivity contribution >= 4 is 81.4 Å². The molecule has 9 aromatic rings. The zero-order valence-corrected chi connectivity index (χ0v) is 23.9. The van der Waals surface area contributed by atoms with Crippen LogP contribution in [0.1, 0.15) is 0 Å². The first-order valence-electron chi connectivity index (χ1n) is 14.4. The molecule has 0 bridgehead atoms. The van der Waals surface area contributed by atoms with Crippen LogP contribution in [-0.2, 0) is 0 Å². The maximum atomic E-state index is 6.17. The third-order valence-corrected chi connectivity index (χ3v) is 9.42. The van der Waals surface area contributed by atoms with Gasteiger partial charge in [-0.25, -0.2) is 4.98 Å². The molecule has 0 aliphatic carbocycles. The minimum atomic E-state index is 0.875. The van der Waals surface area contributed by atoms with Gasteiger partial charge in [-0.05, 0) is 70.4 Å². The Morgan fingerprint density at radius 1 is 0.512 bits per heavy atom. The summed E-state index contributed by atoms with van der Waals surface area (Å²) in [6.45, 7) is 0.